The van der Waals surface area contributed by atoms with Crippen molar-refractivity contribution in [1.82, 2.24) is 10.6 Å². The van der Waals surface area contributed by atoms with E-state index < -0.39 is 34.9 Å². The van der Waals surface area contributed by atoms with Crippen LogP contribution in [0.3, 0.4) is 0 Å². The predicted octanol–water partition coefficient (Wildman–Crippen LogP) is 1.97. The number of rotatable bonds is 9. The Hall–Kier alpha value is -3.95. The van der Waals surface area contributed by atoms with E-state index in [1.165, 1.54) is 39.2 Å². The molecule has 0 radical (unpaired) electrons. The van der Waals surface area contributed by atoms with Crippen LogP contribution < -0.4 is 15.4 Å². The number of ether oxygens (including phenoxy) is 2. The van der Waals surface area contributed by atoms with Crippen molar-refractivity contribution in [3.63, 3.8) is 0 Å². The number of para-hydroxylation sites is 1. The number of methoxy groups -OCH3 is 1. The molecule has 0 aliphatic carbocycles. The highest BCUT2D eigenvalue weighted by molar-refractivity contribution is 5.97. The summed E-state index contributed by atoms with van der Waals surface area (Å²) in [6.07, 6.45) is -1.10. The van der Waals surface area contributed by atoms with Crippen molar-refractivity contribution in [2.45, 2.75) is 32.5 Å². The molecule has 10 nitrogen and oxygen atoms in total. The number of nitrogens with one attached hydrogen (secondary N) is 2. The van der Waals surface area contributed by atoms with Crippen LogP contribution in [0.2, 0.25) is 0 Å². The van der Waals surface area contributed by atoms with Crippen LogP contribution in [0.1, 0.15) is 29.8 Å². The molecule has 10 heteroatoms. The summed E-state index contributed by atoms with van der Waals surface area (Å²) >= 11 is 0. The minimum atomic E-state index is -1.10. The molecule has 31 heavy (non-hydrogen) atoms. The van der Waals surface area contributed by atoms with Gasteiger partial charge in [0, 0.05) is 29.8 Å². The minimum Gasteiger partial charge on any atom is -0.496 e. The maximum absolute atomic E-state index is 12.2. The van der Waals surface area contributed by atoms with E-state index in [0.29, 0.717) is 5.75 Å². The van der Waals surface area contributed by atoms with Gasteiger partial charge in [0.05, 0.1) is 12.0 Å². The third-order valence-corrected chi connectivity index (χ3v) is 4.33. The molecule has 0 fully saturated rings. The Bertz CT molecular complexity index is 977. The third-order valence-electron chi connectivity index (χ3n) is 4.33. The molecule has 0 heterocycles. The van der Waals surface area contributed by atoms with Gasteiger partial charge in [-0.25, -0.2) is 4.79 Å². The number of benzene rings is 2. The number of carbonyl (C=O) groups excluding carboxylic acids is 3. The smallest absolute Gasteiger partial charge is 0.329 e. The normalized spacial score (nSPS) is 12.2. The van der Waals surface area contributed by atoms with Gasteiger partial charge in [0.25, 0.3) is 17.5 Å². The first kappa shape index (κ1) is 23.3. The highest BCUT2D eigenvalue weighted by Crippen LogP contribution is 2.17. The molecule has 2 N–H and O–H groups in total. The number of nitro groups is 1. The molecule has 164 valence electrons. The zero-order chi connectivity index (χ0) is 23.0. The molecular formula is C21H23N3O7. The SMILES string of the molecule is COc1ccccc1CNC(=O)C(C)OC(=O)[C@H](C)NC(=O)c1cccc([N+](=O)[O-])c1. The first-order chi connectivity index (χ1) is 14.7. The second-order valence-electron chi connectivity index (χ2n) is 6.61. The Labute approximate surface area is 178 Å². The lowest BCUT2D eigenvalue weighted by molar-refractivity contribution is -0.384. The molecule has 0 saturated heterocycles. The summed E-state index contributed by atoms with van der Waals surface area (Å²) in [5.74, 6) is -1.40. The van der Waals surface area contributed by atoms with E-state index in [1.54, 1.807) is 24.3 Å². The standard InChI is InChI=1S/C21H23N3O7/c1-13(23-20(26)15-8-6-9-17(11-15)24(28)29)21(27)31-14(2)19(25)22-12-16-7-4-5-10-18(16)30-3/h4-11,13-14H,12H2,1-3H3,(H,22,25)(H,23,26)/t13-,14?/m0/s1. The van der Waals surface area contributed by atoms with Crippen molar-refractivity contribution in [3.05, 3.63) is 69.8 Å². The first-order valence-electron chi connectivity index (χ1n) is 9.38. The summed E-state index contributed by atoms with van der Waals surface area (Å²) in [6.45, 7) is 2.98. The van der Waals surface area contributed by atoms with Crippen LogP contribution in [0.25, 0.3) is 0 Å². The zero-order valence-corrected chi connectivity index (χ0v) is 17.3. The number of amides is 2. The minimum absolute atomic E-state index is 0.0245. The Kier molecular flexibility index (Phi) is 8.07. The predicted molar refractivity (Wildman–Crippen MR) is 110 cm³/mol. The fraction of sp³-hybridized carbons (Fsp3) is 0.286. The Morgan fingerprint density at radius 2 is 1.81 bits per heavy atom. The van der Waals surface area contributed by atoms with E-state index in [4.69, 9.17) is 9.47 Å². The molecule has 0 spiro atoms. The molecule has 2 aromatic rings. The van der Waals surface area contributed by atoms with E-state index in [0.717, 1.165) is 11.6 Å². The summed E-state index contributed by atoms with van der Waals surface area (Å²) in [4.78, 5) is 46.9. The third kappa shape index (κ3) is 6.53. The maximum atomic E-state index is 12.2. The first-order valence-corrected chi connectivity index (χ1v) is 9.38. The van der Waals surface area contributed by atoms with Gasteiger partial charge in [0.1, 0.15) is 11.8 Å². The Morgan fingerprint density at radius 3 is 2.48 bits per heavy atom. The lowest BCUT2D eigenvalue weighted by Gasteiger charge is -2.18. The fourth-order valence-electron chi connectivity index (χ4n) is 2.60. The molecular weight excluding hydrogens is 406 g/mol. The van der Waals surface area contributed by atoms with Crippen LogP contribution in [-0.4, -0.2) is 42.0 Å². The van der Waals surface area contributed by atoms with Gasteiger partial charge in [-0.05, 0) is 26.0 Å². The largest absolute Gasteiger partial charge is 0.496 e. The number of nitrogens with zero attached hydrogens (tertiary/aromatic N) is 1. The van der Waals surface area contributed by atoms with E-state index in [1.807, 2.05) is 0 Å². The monoisotopic (exact) mass is 429 g/mol. The quantitative estimate of drug-likeness (QED) is 0.353. The maximum Gasteiger partial charge on any atom is 0.329 e. The number of carbonyl (C=O) groups is 3. The fourth-order valence-corrected chi connectivity index (χ4v) is 2.60. The summed E-state index contributed by atoms with van der Waals surface area (Å²) in [5, 5.41) is 15.9. The molecule has 0 aliphatic rings. The van der Waals surface area contributed by atoms with Crippen LogP contribution in [0, 0.1) is 10.1 Å². The average molecular weight is 429 g/mol. The lowest BCUT2D eigenvalue weighted by atomic mass is 10.2. The number of non-ortho nitro benzene ring substituents is 1. The molecule has 0 aliphatic heterocycles. The second-order valence-corrected chi connectivity index (χ2v) is 6.61. The summed E-state index contributed by atoms with van der Waals surface area (Å²) in [5.41, 5.74) is 0.536. The average Bonchev–Trinajstić information content (AvgIpc) is 2.77. The molecule has 2 atom stereocenters. The van der Waals surface area contributed by atoms with Crippen LogP contribution >= 0.6 is 0 Å². The summed E-state index contributed by atoms with van der Waals surface area (Å²) in [6, 6.07) is 11.2. The molecule has 2 aromatic carbocycles. The van der Waals surface area contributed by atoms with Crippen molar-refractivity contribution in [2.24, 2.45) is 0 Å². The molecule has 0 aromatic heterocycles. The van der Waals surface area contributed by atoms with E-state index in [2.05, 4.69) is 10.6 Å². The highest BCUT2D eigenvalue weighted by atomic mass is 16.6. The van der Waals surface area contributed by atoms with Gasteiger partial charge in [0.2, 0.25) is 0 Å². The van der Waals surface area contributed by atoms with Crippen molar-refractivity contribution in [2.75, 3.05) is 7.11 Å². The Balaban J connectivity index is 1.88. The Morgan fingerprint density at radius 1 is 1.10 bits per heavy atom. The highest BCUT2D eigenvalue weighted by Gasteiger charge is 2.24. The van der Waals surface area contributed by atoms with Crippen LogP contribution in [0.4, 0.5) is 5.69 Å². The molecule has 0 saturated carbocycles. The van der Waals surface area contributed by atoms with E-state index >= 15 is 0 Å². The van der Waals surface area contributed by atoms with Crippen LogP contribution in [0.15, 0.2) is 48.5 Å². The van der Waals surface area contributed by atoms with Gasteiger partial charge in [-0.2, -0.15) is 0 Å². The van der Waals surface area contributed by atoms with Gasteiger partial charge >= 0.3 is 5.97 Å². The molecule has 2 rings (SSSR count). The number of hydrogen-bond donors (Lipinski definition) is 2. The van der Waals surface area contributed by atoms with Gasteiger partial charge in [-0.15, -0.1) is 0 Å². The molecule has 2 amide bonds. The van der Waals surface area contributed by atoms with E-state index in [-0.39, 0.29) is 17.8 Å². The van der Waals surface area contributed by atoms with Gasteiger partial charge in [0.15, 0.2) is 6.10 Å². The van der Waals surface area contributed by atoms with Crippen molar-refractivity contribution in [3.8, 4) is 5.75 Å². The number of nitro benzene ring substituents is 1. The van der Waals surface area contributed by atoms with E-state index in [9.17, 15) is 24.5 Å². The second kappa shape index (κ2) is 10.7. The van der Waals surface area contributed by atoms with Crippen LogP contribution in [0.5, 0.6) is 5.75 Å². The number of esters is 1. The van der Waals surface area contributed by atoms with Gasteiger partial charge < -0.3 is 20.1 Å². The topological polar surface area (TPSA) is 137 Å². The summed E-state index contributed by atoms with van der Waals surface area (Å²) in [7, 11) is 1.52. The van der Waals surface area contributed by atoms with Crippen molar-refractivity contribution < 1.29 is 28.8 Å². The van der Waals surface area contributed by atoms with Gasteiger partial charge in [-0.3, -0.25) is 19.7 Å². The number of hydrogen-bond acceptors (Lipinski definition) is 7. The lowest BCUT2D eigenvalue weighted by Crippen LogP contribution is -2.43. The summed E-state index contributed by atoms with van der Waals surface area (Å²) < 4.78 is 10.3. The van der Waals surface area contributed by atoms with Crippen LogP contribution in [-0.2, 0) is 20.9 Å². The van der Waals surface area contributed by atoms with Crippen molar-refractivity contribution in [1.29, 1.82) is 0 Å². The van der Waals surface area contributed by atoms with Gasteiger partial charge in [-0.1, -0.05) is 24.3 Å². The zero-order valence-electron chi connectivity index (χ0n) is 17.3. The molecule has 0 bridgehead atoms. The van der Waals surface area contributed by atoms with Crippen molar-refractivity contribution >= 4 is 23.5 Å². The molecule has 1 unspecified atom stereocenters.